The lowest BCUT2D eigenvalue weighted by Crippen LogP contribution is -2.16. The van der Waals surface area contributed by atoms with Crippen molar-refractivity contribution in [3.63, 3.8) is 0 Å². The van der Waals surface area contributed by atoms with E-state index in [9.17, 15) is 14.3 Å². The molecule has 23 heavy (non-hydrogen) atoms. The van der Waals surface area contributed by atoms with Gasteiger partial charge in [-0.1, -0.05) is 12.1 Å². The fourth-order valence-electron chi connectivity index (χ4n) is 1.81. The zero-order valence-electron chi connectivity index (χ0n) is 12.0. The van der Waals surface area contributed by atoms with E-state index in [0.717, 1.165) is 11.6 Å². The predicted octanol–water partition coefficient (Wildman–Crippen LogP) is 2.60. The number of aliphatic hydroxyl groups excluding tert-OH is 1. The molecule has 1 aromatic heterocycles. The number of carbonyl (C=O) groups is 1. The fourth-order valence-corrected chi connectivity index (χ4v) is 1.81. The number of amidine groups is 1. The molecule has 1 aromatic carbocycles. The highest BCUT2D eigenvalue weighted by atomic mass is 19.1. The van der Waals surface area contributed by atoms with Crippen LogP contribution in [0.5, 0.6) is 0 Å². The molecular weight excluding hydrogens is 301 g/mol. The van der Waals surface area contributed by atoms with Gasteiger partial charge in [0.25, 0.3) is 0 Å². The maximum absolute atomic E-state index is 12.8. The van der Waals surface area contributed by atoms with Crippen LogP contribution < -0.4 is 5.73 Å². The third kappa shape index (κ3) is 4.37. The Morgan fingerprint density at radius 1 is 1.30 bits per heavy atom. The van der Waals surface area contributed by atoms with E-state index >= 15 is 0 Å². The Labute approximate surface area is 131 Å². The largest absolute Gasteiger partial charge is 0.504 e. The van der Waals surface area contributed by atoms with Crippen molar-refractivity contribution in [1.29, 1.82) is 5.41 Å². The number of hydrogen-bond acceptors (Lipinski definition) is 4. The summed E-state index contributed by atoms with van der Waals surface area (Å²) in [6.45, 7) is 0. The Balaban J connectivity index is 2.10. The van der Waals surface area contributed by atoms with Crippen molar-refractivity contribution in [3.05, 3.63) is 71.1 Å². The van der Waals surface area contributed by atoms with Crippen molar-refractivity contribution in [2.75, 3.05) is 0 Å². The molecule has 0 fully saturated rings. The summed E-state index contributed by atoms with van der Waals surface area (Å²) in [7, 11) is 0. The topological polar surface area (TPSA) is 113 Å². The monoisotopic (exact) mass is 315 g/mol. The lowest BCUT2D eigenvalue weighted by molar-refractivity contribution is 0.101. The smallest absolute Gasteiger partial charge is 0.224 e. The minimum atomic E-state index is -0.587. The molecule has 6 nitrogen and oxygen atoms in total. The summed E-state index contributed by atoms with van der Waals surface area (Å²) >= 11 is 0. The Hall–Kier alpha value is -3.22. The van der Waals surface area contributed by atoms with Crippen LogP contribution in [0.2, 0.25) is 0 Å². The van der Waals surface area contributed by atoms with Gasteiger partial charge in [0.2, 0.25) is 5.78 Å². The van der Waals surface area contributed by atoms with Crippen LogP contribution in [0, 0.1) is 11.2 Å². The lowest BCUT2D eigenvalue weighted by Gasteiger charge is -1.98. The predicted molar refractivity (Wildman–Crippen MR) is 83.4 cm³/mol. The molecule has 0 aliphatic rings. The fraction of sp³-hybridized carbons (Fsp3) is 0.0625. The number of nitrogens with two attached hydrogens (primary N) is 1. The summed E-state index contributed by atoms with van der Waals surface area (Å²) < 4.78 is 18.2. The minimum Gasteiger partial charge on any atom is -0.504 e. The molecule has 1 heterocycles. The SMILES string of the molecule is N=CN=C(N)/C(O)=C/C(=O)c1ccc(Cc2ccc(F)cc2)o1. The molecule has 2 rings (SSSR count). The number of hydrogen-bond donors (Lipinski definition) is 3. The molecule has 4 N–H and O–H groups in total. The maximum Gasteiger partial charge on any atom is 0.224 e. The average Bonchev–Trinajstić information content (AvgIpc) is 2.98. The lowest BCUT2D eigenvalue weighted by atomic mass is 10.1. The first-order valence-electron chi connectivity index (χ1n) is 6.60. The molecule has 2 aromatic rings. The number of aliphatic hydroxyl groups is 1. The molecule has 0 spiro atoms. The van der Waals surface area contributed by atoms with E-state index in [0.29, 0.717) is 18.5 Å². The summed E-state index contributed by atoms with van der Waals surface area (Å²) in [4.78, 5) is 15.3. The number of carbonyl (C=O) groups excluding carboxylic acids is 1. The summed E-state index contributed by atoms with van der Waals surface area (Å²) in [6, 6.07) is 9.03. The number of ketones is 1. The van der Waals surface area contributed by atoms with E-state index in [4.69, 9.17) is 15.6 Å². The van der Waals surface area contributed by atoms with Gasteiger partial charge in [-0.05, 0) is 29.8 Å². The van der Waals surface area contributed by atoms with Crippen molar-refractivity contribution in [2.24, 2.45) is 10.7 Å². The van der Waals surface area contributed by atoms with Crippen LogP contribution in [0.3, 0.4) is 0 Å². The number of halogens is 1. The number of benzene rings is 1. The molecule has 0 aliphatic heterocycles. The second-order valence-corrected chi connectivity index (χ2v) is 4.61. The molecule has 0 radical (unpaired) electrons. The van der Waals surface area contributed by atoms with Gasteiger partial charge in [-0.3, -0.25) is 10.2 Å². The highest BCUT2D eigenvalue weighted by Crippen LogP contribution is 2.15. The van der Waals surface area contributed by atoms with Gasteiger partial charge in [0, 0.05) is 12.5 Å². The molecule has 0 unspecified atom stereocenters. The molecular formula is C16H14FN3O3. The third-order valence-corrected chi connectivity index (χ3v) is 2.93. The summed E-state index contributed by atoms with van der Waals surface area (Å²) in [6.07, 6.45) is 1.92. The molecule has 0 aliphatic carbocycles. The van der Waals surface area contributed by atoms with Crippen LogP contribution in [0.25, 0.3) is 0 Å². The Bertz CT molecular complexity index is 776. The number of rotatable bonds is 6. The van der Waals surface area contributed by atoms with E-state index < -0.39 is 11.5 Å². The molecule has 118 valence electrons. The van der Waals surface area contributed by atoms with Crippen molar-refractivity contribution >= 4 is 18.0 Å². The number of furan rings is 1. The van der Waals surface area contributed by atoms with E-state index in [1.54, 1.807) is 18.2 Å². The van der Waals surface area contributed by atoms with Crippen LogP contribution in [0.15, 0.2) is 57.6 Å². The standard InChI is InChI=1S/C16H14FN3O3/c17-11-3-1-10(2-4-11)7-12-5-6-15(23-12)13(21)8-14(22)16(19)20-9-18/h1-6,8-9,22H,7H2,(H3,18,19,20)/b14-8-. The quantitative estimate of drug-likeness (QED) is 0.250. The van der Waals surface area contributed by atoms with Crippen LogP contribution in [0.4, 0.5) is 4.39 Å². The normalized spacial score (nSPS) is 12.2. The van der Waals surface area contributed by atoms with Gasteiger partial charge in [0.15, 0.2) is 17.4 Å². The number of aliphatic imine (C=N–C) groups is 1. The van der Waals surface area contributed by atoms with Crippen molar-refractivity contribution < 1.29 is 18.7 Å². The van der Waals surface area contributed by atoms with Crippen molar-refractivity contribution in [1.82, 2.24) is 0 Å². The first kappa shape index (κ1) is 16.2. The van der Waals surface area contributed by atoms with Gasteiger partial charge in [0.05, 0.1) is 0 Å². The number of nitrogens with one attached hydrogen (secondary N) is 1. The van der Waals surface area contributed by atoms with Gasteiger partial charge in [-0.25, -0.2) is 9.38 Å². The van der Waals surface area contributed by atoms with Crippen LogP contribution in [-0.4, -0.2) is 23.1 Å². The van der Waals surface area contributed by atoms with Gasteiger partial charge in [0.1, 0.15) is 17.9 Å². The van der Waals surface area contributed by atoms with Gasteiger partial charge >= 0.3 is 0 Å². The van der Waals surface area contributed by atoms with Crippen molar-refractivity contribution in [2.45, 2.75) is 6.42 Å². The first-order chi connectivity index (χ1) is 11.0. The highest BCUT2D eigenvalue weighted by molar-refractivity contribution is 6.09. The van der Waals surface area contributed by atoms with Gasteiger partial charge < -0.3 is 15.3 Å². The first-order valence-corrected chi connectivity index (χ1v) is 6.60. The second kappa shape index (κ2) is 7.17. The number of allylic oxidation sites excluding steroid dienone is 1. The average molecular weight is 315 g/mol. The molecule has 0 atom stereocenters. The number of nitrogens with zero attached hydrogens (tertiary/aromatic N) is 1. The van der Waals surface area contributed by atoms with Gasteiger partial charge in [-0.2, -0.15) is 0 Å². The Kier molecular flexibility index (Phi) is 5.03. The summed E-state index contributed by atoms with van der Waals surface area (Å²) in [5, 5.41) is 16.3. The van der Waals surface area contributed by atoms with E-state index in [2.05, 4.69) is 4.99 Å². The second-order valence-electron chi connectivity index (χ2n) is 4.61. The van der Waals surface area contributed by atoms with E-state index in [1.807, 2.05) is 0 Å². The molecule has 0 saturated heterocycles. The van der Waals surface area contributed by atoms with E-state index in [1.165, 1.54) is 18.2 Å². The minimum absolute atomic E-state index is 0.0244. The Morgan fingerprint density at radius 2 is 2.00 bits per heavy atom. The van der Waals surface area contributed by atoms with Crippen LogP contribution in [-0.2, 0) is 6.42 Å². The van der Waals surface area contributed by atoms with E-state index in [-0.39, 0.29) is 17.4 Å². The third-order valence-electron chi connectivity index (χ3n) is 2.93. The van der Waals surface area contributed by atoms with Gasteiger partial charge in [-0.15, -0.1) is 0 Å². The Morgan fingerprint density at radius 3 is 2.65 bits per heavy atom. The zero-order chi connectivity index (χ0) is 16.8. The molecule has 0 saturated carbocycles. The summed E-state index contributed by atoms with van der Waals surface area (Å²) in [5.74, 6) is -1.25. The molecule has 7 heteroatoms. The van der Waals surface area contributed by atoms with Crippen LogP contribution >= 0.6 is 0 Å². The molecule has 0 amide bonds. The summed E-state index contributed by atoms with van der Waals surface area (Å²) in [5.41, 5.74) is 6.17. The highest BCUT2D eigenvalue weighted by Gasteiger charge is 2.12. The van der Waals surface area contributed by atoms with Crippen molar-refractivity contribution in [3.8, 4) is 0 Å². The maximum atomic E-state index is 12.8. The molecule has 0 bridgehead atoms. The van der Waals surface area contributed by atoms with Crippen LogP contribution in [0.1, 0.15) is 21.9 Å². The zero-order valence-corrected chi connectivity index (χ0v) is 12.0.